The van der Waals surface area contributed by atoms with E-state index in [2.05, 4.69) is 25.9 Å². The zero-order chi connectivity index (χ0) is 25.4. The number of benzene rings is 2. The molecule has 2 amide bonds. The molecule has 2 aromatic carbocycles. The van der Waals surface area contributed by atoms with Crippen LogP contribution in [0, 0.1) is 0 Å². The van der Waals surface area contributed by atoms with E-state index in [-0.39, 0.29) is 42.2 Å². The second-order valence-electron chi connectivity index (χ2n) is 7.80. The van der Waals surface area contributed by atoms with E-state index in [1.54, 1.807) is 0 Å². The molecule has 1 unspecified atom stereocenters. The highest BCUT2D eigenvalue weighted by atomic mass is 35.5. The van der Waals surface area contributed by atoms with Crippen molar-refractivity contribution in [3.05, 3.63) is 53.3 Å². The number of nitrogens with zero attached hydrogens (tertiary/aromatic N) is 2. The van der Waals surface area contributed by atoms with Gasteiger partial charge in [-0.25, -0.2) is 9.97 Å². The molecule has 12 heteroatoms. The lowest BCUT2D eigenvalue weighted by molar-refractivity contribution is -0.122. The zero-order valence-electron chi connectivity index (χ0n) is 19.1. The minimum atomic E-state index is -0.860. The summed E-state index contributed by atoms with van der Waals surface area (Å²) in [5.74, 6) is -0.714. The molecule has 0 spiro atoms. The number of anilines is 2. The van der Waals surface area contributed by atoms with Crippen LogP contribution in [0.1, 0.15) is 17.4 Å². The molecular weight excluding hydrogens is 474 g/mol. The summed E-state index contributed by atoms with van der Waals surface area (Å²) >= 11 is 5.78. The van der Waals surface area contributed by atoms with Crippen molar-refractivity contribution < 1.29 is 19.4 Å². The lowest BCUT2D eigenvalue weighted by atomic mass is 10.1. The van der Waals surface area contributed by atoms with E-state index in [9.17, 15) is 14.7 Å². The Kier molecular flexibility index (Phi) is 9.01. The third kappa shape index (κ3) is 7.41. The van der Waals surface area contributed by atoms with Gasteiger partial charge >= 0.3 is 0 Å². The summed E-state index contributed by atoms with van der Waals surface area (Å²) in [6.45, 7) is 2.61. The maximum absolute atomic E-state index is 12.3. The molecule has 35 heavy (non-hydrogen) atoms. The fourth-order valence-corrected chi connectivity index (χ4v) is 3.27. The summed E-state index contributed by atoms with van der Waals surface area (Å²) in [7, 11) is 0. The minimum absolute atomic E-state index is 0.0932. The van der Waals surface area contributed by atoms with Crippen molar-refractivity contribution in [1.29, 1.82) is 0 Å². The van der Waals surface area contributed by atoms with Gasteiger partial charge in [-0.15, -0.1) is 0 Å². The number of fused-ring (bicyclic) bond motifs is 1. The van der Waals surface area contributed by atoms with Crippen LogP contribution in [0.5, 0.6) is 5.75 Å². The Morgan fingerprint density at radius 2 is 1.83 bits per heavy atom. The van der Waals surface area contributed by atoms with Gasteiger partial charge in [-0.3, -0.25) is 9.59 Å². The fourth-order valence-electron chi connectivity index (χ4n) is 3.14. The Bertz CT molecular complexity index is 1190. The van der Waals surface area contributed by atoms with Crippen molar-refractivity contribution in [3.8, 4) is 5.75 Å². The molecule has 11 nitrogen and oxygen atoms in total. The summed E-state index contributed by atoms with van der Waals surface area (Å²) in [6, 6.07) is 12.8. The van der Waals surface area contributed by atoms with Crippen LogP contribution >= 0.6 is 11.6 Å². The SMILES string of the molecule is CC(NC(=O)c1nc(Cl)c(N)nc1N)C(=O)NCCNC[C@H](O)COc1ccc2ccccc2c1. The molecule has 0 aliphatic carbocycles. The van der Waals surface area contributed by atoms with Gasteiger partial charge in [0.1, 0.15) is 24.5 Å². The van der Waals surface area contributed by atoms with E-state index in [0.29, 0.717) is 12.3 Å². The topological polar surface area (TPSA) is 178 Å². The molecule has 3 rings (SSSR count). The maximum Gasteiger partial charge on any atom is 0.274 e. The number of carbonyl (C=O) groups is 2. The molecule has 0 aliphatic rings. The highest BCUT2D eigenvalue weighted by Gasteiger charge is 2.21. The van der Waals surface area contributed by atoms with Gasteiger partial charge in [-0.2, -0.15) is 0 Å². The summed E-state index contributed by atoms with van der Waals surface area (Å²) in [5, 5.41) is 20.3. The smallest absolute Gasteiger partial charge is 0.274 e. The molecular formula is C23H28ClN7O4. The summed E-state index contributed by atoms with van der Waals surface area (Å²) < 4.78 is 5.66. The van der Waals surface area contributed by atoms with Crippen LogP contribution in [0.3, 0.4) is 0 Å². The molecule has 2 atom stereocenters. The average molecular weight is 502 g/mol. The molecule has 8 N–H and O–H groups in total. The molecule has 0 radical (unpaired) electrons. The fraction of sp³-hybridized carbons (Fsp3) is 0.304. The number of hydrogen-bond acceptors (Lipinski definition) is 9. The van der Waals surface area contributed by atoms with Crippen molar-refractivity contribution in [2.45, 2.75) is 19.1 Å². The monoisotopic (exact) mass is 501 g/mol. The molecule has 0 bridgehead atoms. The number of nitrogens with two attached hydrogens (primary N) is 2. The van der Waals surface area contributed by atoms with Gasteiger partial charge < -0.3 is 37.3 Å². The Morgan fingerprint density at radius 1 is 1.09 bits per heavy atom. The quantitative estimate of drug-likeness (QED) is 0.206. The third-order valence-corrected chi connectivity index (χ3v) is 5.28. The van der Waals surface area contributed by atoms with Crippen molar-refractivity contribution in [3.63, 3.8) is 0 Å². The number of nitrogens with one attached hydrogen (secondary N) is 3. The van der Waals surface area contributed by atoms with Crippen molar-refractivity contribution in [2.75, 3.05) is 37.7 Å². The van der Waals surface area contributed by atoms with Gasteiger partial charge in [0.2, 0.25) is 5.91 Å². The van der Waals surface area contributed by atoms with Gasteiger partial charge in [0.15, 0.2) is 22.5 Å². The Balaban J connectivity index is 1.32. The molecule has 186 valence electrons. The van der Waals surface area contributed by atoms with Gasteiger partial charge in [0.25, 0.3) is 5.91 Å². The Morgan fingerprint density at radius 3 is 2.60 bits per heavy atom. The first-order valence-corrected chi connectivity index (χ1v) is 11.3. The van der Waals surface area contributed by atoms with Crippen LogP contribution in [0.15, 0.2) is 42.5 Å². The first-order valence-electron chi connectivity index (χ1n) is 10.9. The number of amides is 2. The van der Waals surface area contributed by atoms with Gasteiger partial charge in [-0.05, 0) is 29.8 Å². The number of aliphatic hydroxyl groups excluding tert-OH is 1. The Hall–Kier alpha value is -3.67. The van der Waals surface area contributed by atoms with Crippen molar-refractivity contribution >= 4 is 45.8 Å². The van der Waals surface area contributed by atoms with E-state index < -0.39 is 24.0 Å². The molecule has 0 saturated heterocycles. The lowest BCUT2D eigenvalue weighted by Crippen LogP contribution is -2.47. The largest absolute Gasteiger partial charge is 0.491 e. The molecule has 3 aromatic rings. The zero-order valence-corrected chi connectivity index (χ0v) is 19.9. The van der Waals surface area contributed by atoms with Crippen LogP contribution in [-0.2, 0) is 4.79 Å². The summed E-state index contributed by atoms with van der Waals surface area (Å²) in [5.41, 5.74) is 10.9. The van der Waals surface area contributed by atoms with Crippen molar-refractivity contribution in [1.82, 2.24) is 25.9 Å². The van der Waals surface area contributed by atoms with Crippen LogP contribution in [0.25, 0.3) is 10.8 Å². The number of nitrogen functional groups attached to an aromatic ring is 2. The number of aromatic nitrogens is 2. The van der Waals surface area contributed by atoms with E-state index >= 15 is 0 Å². The van der Waals surface area contributed by atoms with E-state index in [0.717, 1.165) is 10.8 Å². The predicted octanol–water partition coefficient (Wildman–Crippen LogP) is 0.712. The predicted molar refractivity (Wildman–Crippen MR) is 134 cm³/mol. The number of halogens is 1. The second-order valence-corrected chi connectivity index (χ2v) is 8.16. The molecule has 0 aliphatic heterocycles. The van der Waals surface area contributed by atoms with Crippen LogP contribution in [0.4, 0.5) is 11.6 Å². The van der Waals surface area contributed by atoms with Crippen LogP contribution in [-0.4, -0.2) is 65.3 Å². The van der Waals surface area contributed by atoms with Crippen LogP contribution in [0.2, 0.25) is 5.15 Å². The number of carbonyl (C=O) groups excluding carboxylic acids is 2. The third-order valence-electron chi connectivity index (χ3n) is 5.01. The molecule has 1 heterocycles. The molecule has 0 saturated carbocycles. The summed E-state index contributed by atoms with van der Waals surface area (Å²) in [4.78, 5) is 32.1. The van der Waals surface area contributed by atoms with Crippen LogP contribution < -0.4 is 32.2 Å². The first-order chi connectivity index (χ1) is 16.7. The Labute approximate surface area is 207 Å². The van der Waals surface area contributed by atoms with E-state index in [1.165, 1.54) is 6.92 Å². The maximum atomic E-state index is 12.3. The second kappa shape index (κ2) is 12.2. The van der Waals surface area contributed by atoms with Gasteiger partial charge in [-0.1, -0.05) is 41.9 Å². The number of ether oxygens (including phenoxy) is 1. The average Bonchev–Trinajstić information content (AvgIpc) is 2.84. The van der Waals surface area contributed by atoms with E-state index in [4.69, 9.17) is 27.8 Å². The number of hydrogen-bond donors (Lipinski definition) is 6. The minimum Gasteiger partial charge on any atom is -0.491 e. The number of aliphatic hydroxyl groups is 1. The number of rotatable bonds is 11. The first kappa shape index (κ1) is 25.9. The summed E-state index contributed by atoms with van der Waals surface area (Å²) in [6.07, 6.45) is -0.728. The van der Waals surface area contributed by atoms with Gasteiger partial charge in [0, 0.05) is 19.6 Å². The molecule has 1 aromatic heterocycles. The highest BCUT2D eigenvalue weighted by molar-refractivity contribution is 6.31. The molecule has 0 fully saturated rings. The standard InChI is InChI=1S/C23H28ClN7O4/c1-13(29-23(34)18-20(25)31-21(26)19(24)30-18)22(33)28-9-8-27-11-16(32)12-35-17-7-6-14-4-2-3-5-15(14)10-17/h2-7,10,13,16,27,32H,8-9,11-12H2,1H3,(H,28,33)(H,29,34)(H4,25,26,31)/t13?,16-/m0/s1. The van der Waals surface area contributed by atoms with E-state index in [1.807, 2.05) is 42.5 Å². The highest BCUT2D eigenvalue weighted by Crippen LogP contribution is 2.20. The normalized spacial score (nSPS) is 12.7. The van der Waals surface area contributed by atoms with Crippen molar-refractivity contribution in [2.24, 2.45) is 0 Å². The lowest BCUT2D eigenvalue weighted by Gasteiger charge is -2.16. The van der Waals surface area contributed by atoms with Gasteiger partial charge in [0.05, 0.1) is 0 Å².